The van der Waals surface area contributed by atoms with Gasteiger partial charge in [0.15, 0.2) is 0 Å². The van der Waals surface area contributed by atoms with E-state index >= 15 is 0 Å². The smallest absolute Gasteiger partial charge is 0.318 e. The van der Waals surface area contributed by atoms with E-state index in [1.807, 2.05) is 0 Å². The van der Waals surface area contributed by atoms with Crippen LogP contribution in [0.1, 0.15) is 6.92 Å². The Bertz CT molecular complexity index is 1260. The van der Waals surface area contributed by atoms with Crippen LogP contribution >= 0.6 is 0 Å². The number of amides is 2. The van der Waals surface area contributed by atoms with E-state index in [2.05, 4.69) is 4.72 Å². The minimum atomic E-state index is -5.07. The van der Waals surface area contributed by atoms with Gasteiger partial charge in [-0.15, -0.1) is 0 Å². The predicted molar refractivity (Wildman–Crippen MR) is 109 cm³/mol. The minimum Gasteiger partial charge on any atom is -0.318 e. The summed E-state index contributed by atoms with van der Waals surface area (Å²) in [6, 6.07) is 9.03. The Labute approximate surface area is 181 Å². The van der Waals surface area contributed by atoms with Gasteiger partial charge in [-0.3, -0.25) is 14.3 Å². The molecule has 14 heteroatoms. The predicted octanol–water partition coefficient (Wildman–Crippen LogP) is 2.30. The van der Waals surface area contributed by atoms with Gasteiger partial charge in [-0.05, 0) is 48.5 Å². The van der Waals surface area contributed by atoms with Crippen molar-refractivity contribution in [3.63, 3.8) is 0 Å². The van der Waals surface area contributed by atoms with Crippen molar-refractivity contribution in [1.82, 2.24) is 0 Å². The fraction of sp³-hybridized carbons (Fsp3) is 0.222. The first kappa shape index (κ1) is 23.5. The number of anilines is 3. The third kappa shape index (κ3) is 4.85. The van der Waals surface area contributed by atoms with Crippen molar-refractivity contribution in [3.8, 4) is 0 Å². The highest BCUT2D eigenvalue weighted by Crippen LogP contribution is 2.29. The molecule has 1 saturated heterocycles. The van der Waals surface area contributed by atoms with Crippen molar-refractivity contribution in [2.24, 2.45) is 5.92 Å². The Morgan fingerprint density at radius 3 is 2.03 bits per heavy atom. The van der Waals surface area contributed by atoms with Gasteiger partial charge in [0.25, 0.3) is 10.0 Å². The van der Waals surface area contributed by atoms with Crippen LogP contribution in [0.25, 0.3) is 0 Å². The molecule has 1 aliphatic rings. The summed E-state index contributed by atoms with van der Waals surface area (Å²) >= 11 is 0. The van der Waals surface area contributed by atoms with Crippen LogP contribution in [0, 0.1) is 5.92 Å². The number of benzene rings is 2. The molecular weight excluding hydrogens is 475 g/mol. The zero-order valence-electron chi connectivity index (χ0n) is 16.3. The molecule has 1 atom stereocenters. The third-order valence-electron chi connectivity index (χ3n) is 4.39. The molecule has 1 fully saturated rings. The summed E-state index contributed by atoms with van der Waals surface area (Å²) in [5, 5.41) is 1.63. The zero-order valence-corrected chi connectivity index (χ0v) is 17.9. The molecule has 0 bridgehead atoms. The first-order valence-corrected chi connectivity index (χ1v) is 12.0. The molecule has 2 N–H and O–H groups in total. The number of sulfonamides is 2. The molecule has 1 heterocycles. The summed E-state index contributed by atoms with van der Waals surface area (Å²) in [6.07, 6.45) is -5.07. The maximum absolute atomic E-state index is 12.5. The molecule has 0 radical (unpaired) electrons. The quantitative estimate of drug-likeness (QED) is 0.660. The molecular formula is C18H16F3N3O6S2. The summed E-state index contributed by atoms with van der Waals surface area (Å²) in [7, 11) is -7.98. The Morgan fingerprint density at radius 2 is 1.56 bits per heavy atom. The highest BCUT2D eigenvalue weighted by atomic mass is 32.2. The van der Waals surface area contributed by atoms with Gasteiger partial charge in [0.05, 0.1) is 22.3 Å². The van der Waals surface area contributed by atoms with Crippen molar-refractivity contribution < 1.29 is 39.6 Å². The van der Waals surface area contributed by atoms with Crippen LogP contribution in [0.3, 0.4) is 0 Å². The number of alkyl halides is 3. The zero-order chi connectivity index (χ0) is 23.9. The molecule has 3 rings (SSSR count). The largest absolute Gasteiger partial charge is 0.471 e. The molecule has 0 spiro atoms. The fourth-order valence-electron chi connectivity index (χ4n) is 2.89. The van der Waals surface area contributed by atoms with Gasteiger partial charge in [-0.1, -0.05) is 6.92 Å². The van der Waals surface area contributed by atoms with E-state index in [-0.39, 0.29) is 27.7 Å². The van der Waals surface area contributed by atoms with Gasteiger partial charge >= 0.3 is 12.1 Å². The van der Waals surface area contributed by atoms with Crippen LogP contribution < -0.4 is 14.3 Å². The van der Waals surface area contributed by atoms with E-state index in [1.165, 1.54) is 19.1 Å². The summed E-state index contributed by atoms with van der Waals surface area (Å²) < 4.78 is 89.0. The second-order valence-electron chi connectivity index (χ2n) is 6.91. The van der Waals surface area contributed by atoms with E-state index in [0.717, 1.165) is 36.4 Å². The number of nitrogens with zero attached hydrogens (tertiary/aromatic N) is 1. The summed E-state index contributed by atoms with van der Waals surface area (Å²) in [5.41, 5.74) is -0.182. The Morgan fingerprint density at radius 1 is 1.03 bits per heavy atom. The maximum atomic E-state index is 12.5. The SMILES string of the molecule is C[C@@H]1CS(=O)(=O)N(c2ccc(S(=O)(=O)Nc3ccc(NC(=O)C(F)(F)F)cc3)cc2)C1=O. The molecule has 9 nitrogen and oxygen atoms in total. The van der Waals surface area contributed by atoms with Crippen molar-refractivity contribution in [2.75, 3.05) is 20.1 Å². The summed E-state index contributed by atoms with van der Waals surface area (Å²) in [6.45, 7) is 1.47. The highest BCUT2D eigenvalue weighted by Gasteiger charge is 2.42. The van der Waals surface area contributed by atoms with Gasteiger partial charge < -0.3 is 5.32 Å². The topological polar surface area (TPSA) is 130 Å². The van der Waals surface area contributed by atoms with Crippen molar-refractivity contribution in [3.05, 3.63) is 48.5 Å². The van der Waals surface area contributed by atoms with E-state index < -0.39 is 44.0 Å². The van der Waals surface area contributed by atoms with Crippen molar-refractivity contribution in [2.45, 2.75) is 18.0 Å². The summed E-state index contributed by atoms with van der Waals surface area (Å²) in [4.78, 5) is 22.8. The first-order chi connectivity index (χ1) is 14.7. The van der Waals surface area contributed by atoms with Gasteiger partial charge in [0.2, 0.25) is 15.9 Å². The van der Waals surface area contributed by atoms with Crippen molar-refractivity contribution in [1.29, 1.82) is 0 Å². The Balaban J connectivity index is 1.75. The molecule has 2 amide bonds. The molecule has 0 saturated carbocycles. The van der Waals surface area contributed by atoms with Crippen LogP contribution in [-0.2, 0) is 29.6 Å². The molecule has 0 aromatic heterocycles. The lowest BCUT2D eigenvalue weighted by molar-refractivity contribution is -0.167. The average molecular weight is 491 g/mol. The number of halogens is 3. The van der Waals surface area contributed by atoms with Crippen LogP contribution in [0.2, 0.25) is 0 Å². The molecule has 32 heavy (non-hydrogen) atoms. The minimum absolute atomic E-state index is 0.00283. The van der Waals surface area contributed by atoms with Crippen LogP contribution in [0.15, 0.2) is 53.4 Å². The third-order valence-corrected chi connectivity index (χ3v) is 7.66. The van der Waals surface area contributed by atoms with E-state index in [9.17, 15) is 39.6 Å². The second kappa shape index (κ2) is 8.09. The van der Waals surface area contributed by atoms with E-state index in [1.54, 1.807) is 5.32 Å². The Kier molecular flexibility index (Phi) is 5.95. The monoisotopic (exact) mass is 491 g/mol. The number of rotatable bonds is 5. The normalized spacial score (nSPS) is 18.4. The van der Waals surface area contributed by atoms with Gasteiger partial charge in [0, 0.05) is 11.4 Å². The average Bonchev–Trinajstić information content (AvgIpc) is 2.89. The molecule has 172 valence electrons. The molecule has 0 unspecified atom stereocenters. The second-order valence-corrected chi connectivity index (χ2v) is 10.5. The van der Waals surface area contributed by atoms with E-state index in [4.69, 9.17) is 0 Å². The molecule has 2 aromatic carbocycles. The van der Waals surface area contributed by atoms with Crippen molar-refractivity contribution >= 4 is 48.9 Å². The number of carbonyl (C=O) groups excluding carboxylic acids is 2. The lowest BCUT2D eigenvalue weighted by Gasteiger charge is -2.16. The number of hydrogen-bond acceptors (Lipinski definition) is 6. The van der Waals surface area contributed by atoms with Crippen LogP contribution in [-0.4, -0.2) is 40.6 Å². The molecule has 2 aromatic rings. The van der Waals surface area contributed by atoms with Gasteiger partial charge in [-0.25, -0.2) is 21.1 Å². The van der Waals surface area contributed by atoms with Crippen LogP contribution in [0.4, 0.5) is 30.2 Å². The standard InChI is InChI=1S/C18H16F3N3O6S2/c1-11-10-31(27,28)24(16(11)25)14-6-8-15(9-7-14)32(29,30)23-13-4-2-12(3-5-13)22-17(26)18(19,20)21/h2-9,11,23H,10H2,1H3,(H,22,26)/t11-/m1/s1. The first-order valence-electron chi connectivity index (χ1n) is 8.89. The fourth-order valence-corrected chi connectivity index (χ4v) is 5.76. The van der Waals surface area contributed by atoms with Crippen LogP contribution in [0.5, 0.6) is 0 Å². The number of hydrogen-bond donors (Lipinski definition) is 2. The lowest BCUT2D eigenvalue weighted by Crippen LogP contribution is -2.30. The van der Waals surface area contributed by atoms with E-state index in [0.29, 0.717) is 4.31 Å². The highest BCUT2D eigenvalue weighted by molar-refractivity contribution is 7.94. The lowest BCUT2D eigenvalue weighted by atomic mass is 10.2. The summed E-state index contributed by atoms with van der Waals surface area (Å²) in [5.74, 6) is -3.84. The maximum Gasteiger partial charge on any atom is 0.471 e. The Hall–Kier alpha value is -3.13. The number of nitrogens with one attached hydrogen (secondary N) is 2. The molecule has 0 aliphatic carbocycles. The number of carbonyl (C=O) groups is 2. The van der Waals surface area contributed by atoms with Gasteiger partial charge in [0.1, 0.15) is 0 Å². The van der Waals surface area contributed by atoms with Gasteiger partial charge in [-0.2, -0.15) is 13.2 Å². The molecule has 1 aliphatic heterocycles.